The molecule has 0 amide bonds. The van der Waals surface area contributed by atoms with Crippen molar-refractivity contribution in [1.29, 1.82) is 0 Å². The van der Waals surface area contributed by atoms with Crippen LogP contribution in [-0.4, -0.2) is 25.2 Å². The molecule has 1 aliphatic carbocycles. The maximum atomic E-state index is 3.77. The van der Waals surface area contributed by atoms with Gasteiger partial charge in [0.1, 0.15) is 0 Å². The molecule has 0 aliphatic heterocycles. The summed E-state index contributed by atoms with van der Waals surface area (Å²) in [6.07, 6.45) is 6.52. The molecule has 0 spiro atoms. The van der Waals surface area contributed by atoms with Crippen molar-refractivity contribution in [3.05, 3.63) is 35.9 Å². The quantitative estimate of drug-likeness (QED) is 0.806. The van der Waals surface area contributed by atoms with E-state index in [1.165, 1.54) is 31.2 Å². The fourth-order valence-corrected chi connectivity index (χ4v) is 2.88. The zero-order chi connectivity index (χ0) is 12.8. The topological polar surface area (TPSA) is 24.1 Å². The average Bonchev–Trinajstić information content (AvgIpc) is 2.83. The third kappa shape index (κ3) is 3.82. The van der Waals surface area contributed by atoms with E-state index in [4.69, 9.17) is 0 Å². The van der Waals surface area contributed by atoms with Crippen molar-refractivity contribution >= 4 is 0 Å². The number of hydrogen-bond donors (Lipinski definition) is 2. The first-order chi connectivity index (χ1) is 8.72. The van der Waals surface area contributed by atoms with E-state index in [-0.39, 0.29) is 0 Å². The molecule has 100 valence electrons. The van der Waals surface area contributed by atoms with Crippen LogP contribution >= 0.6 is 0 Å². The minimum atomic E-state index is 0.381. The van der Waals surface area contributed by atoms with Gasteiger partial charge in [-0.25, -0.2) is 0 Å². The van der Waals surface area contributed by atoms with E-state index >= 15 is 0 Å². The van der Waals surface area contributed by atoms with E-state index < -0.39 is 0 Å². The number of benzene rings is 1. The molecule has 0 aromatic heterocycles. The molecule has 0 heterocycles. The van der Waals surface area contributed by atoms with Gasteiger partial charge in [-0.15, -0.1) is 0 Å². The van der Waals surface area contributed by atoms with Crippen LogP contribution in [0.2, 0.25) is 0 Å². The van der Waals surface area contributed by atoms with Crippen LogP contribution in [0.3, 0.4) is 0 Å². The van der Waals surface area contributed by atoms with Crippen LogP contribution in [0, 0.1) is 0 Å². The minimum Gasteiger partial charge on any atom is -0.315 e. The SMILES string of the molecule is CN[C@H](CNC1(C)CCCC1)Cc1ccccc1. The molecule has 0 saturated heterocycles. The van der Waals surface area contributed by atoms with Crippen molar-refractivity contribution in [1.82, 2.24) is 10.6 Å². The molecule has 1 saturated carbocycles. The van der Waals surface area contributed by atoms with Gasteiger partial charge in [0.05, 0.1) is 0 Å². The Balaban J connectivity index is 1.82. The van der Waals surface area contributed by atoms with E-state index in [1.54, 1.807) is 0 Å². The summed E-state index contributed by atoms with van der Waals surface area (Å²) in [4.78, 5) is 0. The standard InChI is InChI=1S/C16H26N2/c1-16(10-6-7-11-16)18-13-15(17-2)12-14-8-4-3-5-9-14/h3-5,8-9,15,17-18H,6-7,10-13H2,1-2H3/t15-/m0/s1. The molecule has 1 fully saturated rings. The molecule has 1 atom stereocenters. The highest BCUT2D eigenvalue weighted by Gasteiger charge is 2.28. The smallest absolute Gasteiger partial charge is 0.0230 e. The van der Waals surface area contributed by atoms with Gasteiger partial charge in [-0.2, -0.15) is 0 Å². The third-order valence-corrected chi connectivity index (χ3v) is 4.22. The van der Waals surface area contributed by atoms with Crippen LogP contribution in [0.5, 0.6) is 0 Å². The summed E-state index contributed by atoms with van der Waals surface area (Å²) in [6.45, 7) is 3.43. The summed E-state index contributed by atoms with van der Waals surface area (Å²) in [6, 6.07) is 11.3. The lowest BCUT2D eigenvalue weighted by atomic mass is 9.99. The lowest BCUT2D eigenvalue weighted by molar-refractivity contribution is 0.340. The molecule has 0 radical (unpaired) electrons. The van der Waals surface area contributed by atoms with Crippen LogP contribution < -0.4 is 10.6 Å². The van der Waals surface area contributed by atoms with E-state index in [0.717, 1.165) is 13.0 Å². The lowest BCUT2D eigenvalue weighted by Crippen LogP contribution is -2.47. The highest BCUT2D eigenvalue weighted by Crippen LogP contribution is 2.28. The predicted molar refractivity (Wildman–Crippen MR) is 77.9 cm³/mol. The molecule has 1 aliphatic rings. The number of nitrogens with one attached hydrogen (secondary N) is 2. The van der Waals surface area contributed by atoms with Crippen molar-refractivity contribution in [2.75, 3.05) is 13.6 Å². The molecule has 0 unspecified atom stereocenters. The molecule has 2 nitrogen and oxygen atoms in total. The van der Waals surface area contributed by atoms with Gasteiger partial charge in [0, 0.05) is 18.1 Å². The Bertz CT molecular complexity index is 341. The predicted octanol–water partition coefficient (Wildman–Crippen LogP) is 2.74. The second-order valence-electron chi connectivity index (χ2n) is 5.82. The van der Waals surface area contributed by atoms with Crippen LogP contribution in [0.25, 0.3) is 0 Å². The fraction of sp³-hybridized carbons (Fsp3) is 0.625. The first-order valence-electron chi connectivity index (χ1n) is 7.18. The number of hydrogen-bond acceptors (Lipinski definition) is 2. The summed E-state index contributed by atoms with van der Waals surface area (Å²) in [5.74, 6) is 0. The molecule has 2 rings (SSSR count). The van der Waals surface area contributed by atoms with Crippen molar-refractivity contribution in [3.8, 4) is 0 Å². The van der Waals surface area contributed by atoms with Crippen molar-refractivity contribution in [2.45, 2.75) is 50.6 Å². The molecule has 0 bridgehead atoms. The first-order valence-corrected chi connectivity index (χ1v) is 7.18. The number of rotatable bonds is 6. The highest BCUT2D eigenvalue weighted by molar-refractivity contribution is 5.16. The van der Waals surface area contributed by atoms with Gasteiger partial charge in [-0.3, -0.25) is 0 Å². The zero-order valence-corrected chi connectivity index (χ0v) is 11.7. The Labute approximate surface area is 111 Å². The molecule has 2 N–H and O–H groups in total. The Morgan fingerprint density at radius 3 is 2.44 bits per heavy atom. The maximum Gasteiger partial charge on any atom is 0.0230 e. The van der Waals surface area contributed by atoms with E-state index in [2.05, 4.69) is 54.9 Å². The van der Waals surface area contributed by atoms with E-state index in [9.17, 15) is 0 Å². The van der Waals surface area contributed by atoms with Crippen LogP contribution in [0.15, 0.2) is 30.3 Å². The van der Waals surface area contributed by atoms with Crippen molar-refractivity contribution in [2.24, 2.45) is 0 Å². The van der Waals surface area contributed by atoms with Crippen molar-refractivity contribution < 1.29 is 0 Å². The second kappa shape index (κ2) is 6.35. The van der Waals surface area contributed by atoms with Crippen LogP contribution in [0.4, 0.5) is 0 Å². The highest BCUT2D eigenvalue weighted by atomic mass is 15.0. The molecule has 1 aromatic carbocycles. The third-order valence-electron chi connectivity index (χ3n) is 4.22. The number of likely N-dealkylation sites (N-methyl/N-ethyl adjacent to an activating group) is 1. The Morgan fingerprint density at radius 2 is 1.83 bits per heavy atom. The van der Waals surface area contributed by atoms with Gasteiger partial charge < -0.3 is 10.6 Å². The fourth-order valence-electron chi connectivity index (χ4n) is 2.88. The average molecular weight is 246 g/mol. The first kappa shape index (κ1) is 13.6. The zero-order valence-electron chi connectivity index (χ0n) is 11.7. The van der Waals surface area contributed by atoms with Gasteiger partial charge in [0.2, 0.25) is 0 Å². The molecule has 1 aromatic rings. The summed E-state index contributed by atoms with van der Waals surface area (Å²) in [7, 11) is 2.06. The summed E-state index contributed by atoms with van der Waals surface area (Å²) < 4.78 is 0. The Kier molecular flexibility index (Phi) is 4.79. The second-order valence-corrected chi connectivity index (χ2v) is 5.82. The van der Waals surface area contributed by atoms with Crippen LogP contribution in [-0.2, 0) is 6.42 Å². The molecule has 18 heavy (non-hydrogen) atoms. The summed E-state index contributed by atoms with van der Waals surface area (Å²) in [5, 5.41) is 7.20. The largest absolute Gasteiger partial charge is 0.315 e. The lowest BCUT2D eigenvalue weighted by Gasteiger charge is -2.28. The molecule has 2 heteroatoms. The van der Waals surface area contributed by atoms with E-state index in [1.807, 2.05) is 0 Å². The molecular weight excluding hydrogens is 220 g/mol. The monoisotopic (exact) mass is 246 g/mol. The van der Waals surface area contributed by atoms with Gasteiger partial charge in [-0.1, -0.05) is 43.2 Å². The van der Waals surface area contributed by atoms with Gasteiger partial charge in [-0.05, 0) is 38.8 Å². The van der Waals surface area contributed by atoms with E-state index in [0.29, 0.717) is 11.6 Å². The van der Waals surface area contributed by atoms with Gasteiger partial charge in [0.25, 0.3) is 0 Å². The summed E-state index contributed by atoms with van der Waals surface area (Å²) >= 11 is 0. The Morgan fingerprint density at radius 1 is 1.17 bits per heavy atom. The molecular formula is C16H26N2. The van der Waals surface area contributed by atoms with Crippen molar-refractivity contribution in [3.63, 3.8) is 0 Å². The summed E-state index contributed by atoms with van der Waals surface area (Å²) in [5.41, 5.74) is 1.79. The maximum absolute atomic E-state index is 3.77. The van der Waals surface area contributed by atoms with Gasteiger partial charge in [0.15, 0.2) is 0 Å². The van der Waals surface area contributed by atoms with Gasteiger partial charge >= 0.3 is 0 Å². The van der Waals surface area contributed by atoms with Crippen LogP contribution in [0.1, 0.15) is 38.2 Å². The minimum absolute atomic E-state index is 0.381. The Hall–Kier alpha value is -0.860. The normalized spacial score (nSPS) is 19.9.